The Labute approximate surface area is 72.9 Å². The summed E-state index contributed by atoms with van der Waals surface area (Å²) in [5.74, 6) is 0. The van der Waals surface area contributed by atoms with Crippen molar-refractivity contribution >= 4 is 11.3 Å². The molecule has 0 aliphatic rings. The van der Waals surface area contributed by atoms with E-state index in [-0.39, 0.29) is 0 Å². The van der Waals surface area contributed by atoms with E-state index in [9.17, 15) is 0 Å². The summed E-state index contributed by atoms with van der Waals surface area (Å²) in [6, 6.07) is 5.83. The van der Waals surface area contributed by atoms with Crippen molar-refractivity contribution in [3.63, 3.8) is 0 Å². The van der Waals surface area contributed by atoms with Gasteiger partial charge in [-0.2, -0.15) is 0 Å². The molecular formula is C10H14N2. The van der Waals surface area contributed by atoms with Crippen LogP contribution in [-0.2, 0) is 6.54 Å². The smallest absolute Gasteiger partial charge is 0.0435 e. The SMILES string of the molecule is C=C(C)c1cccc(CN)c1N. The first-order valence-electron chi connectivity index (χ1n) is 3.90. The summed E-state index contributed by atoms with van der Waals surface area (Å²) in [4.78, 5) is 0. The maximum absolute atomic E-state index is 5.85. The van der Waals surface area contributed by atoms with Crippen LogP contribution in [0.2, 0.25) is 0 Å². The number of hydrogen-bond acceptors (Lipinski definition) is 2. The van der Waals surface area contributed by atoms with Gasteiger partial charge >= 0.3 is 0 Å². The maximum Gasteiger partial charge on any atom is 0.0435 e. The molecule has 2 nitrogen and oxygen atoms in total. The van der Waals surface area contributed by atoms with Crippen LogP contribution in [0.1, 0.15) is 18.1 Å². The van der Waals surface area contributed by atoms with Gasteiger partial charge < -0.3 is 11.5 Å². The van der Waals surface area contributed by atoms with E-state index in [2.05, 4.69) is 6.58 Å². The molecule has 0 saturated heterocycles. The van der Waals surface area contributed by atoms with Gasteiger partial charge in [0.2, 0.25) is 0 Å². The highest BCUT2D eigenvalue weighted by molar-refractivity contribution is 5.74. The van der Waals surface area contributed by atoms with Crippen molar-refractivity contribution in [2.75, 3.05) is 5.73 Å². The van der Waals surface area contributed by atoms with Crippen molar-refractivity contribution < 1.29 is 0 Å². The van der Waals surface area contributed by atoms with Crippen LogP contribution in [-0.4, -0.2) is 0 Å². The molecule has 12 heavy (non-hydrogen) atoms. The highest BCUT2D eigenvalue weighted by atomic mass is 14.6. The number of nitrogens with two attached hydrogens (primary N) is 2. The van der Waals surface area contributed by atoms with Crippen molar-refractivity contribution in [2.45, 2.75) is 13.5 Å². The van der Waals surface area contributed by atoms with Crippen molar-refractivity contribution in [3.05, 3.63) is 35.9 Å². The van der Waals surface area contributed by atoms with Gasteiger partial charge in [-0.25, -0.2) is 0 Å². The van der Waals surface area contributed by atoms with Crippen LogP contribution in [0.3, 0.4) is 0 Å². The predicted molar refractivity (Wildman–Crippen MR) is 53.5 cm³/mol. The van der Waals surface area contributed by atoms with E-state index in [0.717, 1.165) is 22.4 Å². The highest BCUT2D eigenvalue weighted by Crippen LogP contribution is 2.22. The molecule has 0 saturated carbocycles. The van der Waals surface area contributed by atoms with Gasteiger partial charge in [0.1, 0.15) is 0 Å². The third kappa shape index (κ3) is 1.48. The molecule has 0 radical (unpaired) electrons. The summed E-state index contributed by atoms with van der Waals surface area (Å²) in [6.45, 7) is 6.26. The fraction of sp³-hybridized carbons (Fsp3) is 0.200. The Morgan fingerprint density at radius 1 is 1.50 bits per heavy atom. The Morgan fingerprint density at radius 3 is 2.67 bits per heavy atom. The van der Waals surface area contributed by atoms with Gasteiger partial charge in [0.05, 0.1) is 0 Å². The largest absolute Gasteiger partial charge is 0.398 e. The Kier molecular flexibility index (Phi) is 2.51. The van der Waals surface area contributed by atoms with Crippen molar-refractivity contribution in [1.82, 2.24) is 0 Å². The van der Waals surface area contributed by atoms with Crippen molar-refractivity contribution in [1.29, 1.82) is 0 Å². The minimum atomic E-state index is 0.479. The molecule has 1 rings (SSSR count). The van der Waals surface area contributed by atoms with Crippen LogP contribution in [0.5, 0.6) is 0 Å². The molecule has 1 aromatic rings. The van der Waals surface area contributed by atoms with Gasteiger partial charge in [0, 0.05) is 17.8 Å². The van der Waals surface area contributed by atoms with Gasteiger partial charge in [0.25, 0.3) is 0 Å². The van der Waals surface area contributed by atoms with E-state index in [4.69, 9.17) is 11.5 Å². The lowest BCUT2D eigenvalue weighted by Gasteiger charge is -2.08. The van der Waals surface area contributed by atoms with E-state index in [1.807, 2.05) is 25.1 Å². The average molecular weight is 162 g/mol. The molecule has 0 bridgehead atoms. The Hall–Kier alpha value is -1.28. The van der Waals surface area contributed by atoms with Gasteiger partial charge in [0.15, 0.2) is 0 Å². The second kappa shape index (κ2) is 3.41. The van der Waals surface area contributed by atoms with E-state index >= 15 is 0 Å². The van der Waals surface area contributed by atoms with Crippen LogP contribution < -0.4 is 11.5 Å². The molecule has 0 aliphatic carbocycles. The first-order chi connectivity index (χ1) is 5.66. The molecule has 2 heteroatoms. The van der Waals surface area contributed by atoms with Crippen LogP contribution in [0.15, 0.2) is 24.8 Å². The molecule has 0 aromatic heterocycles. The minimum absolute atomic E-state index is 0.479. The lowest BCUT2D eigenvalue weighted by molar-refractivity contribution is 1.07. The quantitative estimate of drug-likeness (QED) is 0.651. The fourth-order valence-corrected chi connectivity index (χ4v) is 1.16. The van der Waals surface area contributed by atoms with E-state index in [0.29, 0.717) is 6.54 Å². The molecule has 0 heterocycles. The number of allylic oxidation sites excluding steroid dienone is 1. The molecule has 0 spiro atoms. The number of anilines is 1. The lowest BCUT2D eigenvalue weighted by atomic mass is 10.0. The first-order valence-corrected chi connectivity index (χ1v) is 3.90. The summed E-state index contributed by atoms with van der Waals surface area (Å²) < 4.78 is 0. The molecule has 0 atom stereocenters. The van der Waals surface area contributed by atoms with Crippen LogP contribution >= 0.6 is 0 Å². The summed E-state index contributed by atoms with van der Waals surface area (Å²) in [7, 11) is 0. The van der Waals surface area contributed by atoms with Gasteiger partial charge in [-0.3, -0.25) is 0 Å². The van der Waals surface area contributed by atoms with Gasteiger partial charge in [-0.1, -0.05) is 24.8 Å². The minimum Gasteiger partial charge on any atom is -0.398 e. The Morgan fingerprint density at radius 2 is 2.17 bits per heavy atom. The standard InChI is InChI=1S/C10H14N2/c1-7(2)9-5-3-4-8(6-11)10(9)12/h3-5H,1,6,11-12H2,2H3. The second-order valence-corrected chi connectivity index (χ2v) is 2.86. The zero-order chi connectivity index (χ0) is 9.14. The zero-order valence-corrected chi connectivity index (χ0v) is 7.30. The van der Waals surface area contributed by atoms with E-state index in [1.165, 1.54) is 0 Å². The second-order valence-electron chi connectivity index (χ2n) is 2.86. The molecule has 4 N–H and O–H groups in total. The van der Waals surface area contributed by atoms with Crippen LogP contribution in [0.25, 0.3) is 5.57 Å². The number of nitrogen functional groups attached to an aromatic ring is 1. The average Bonchev–Trinajstić information content (AvgIpc) is 2.04. The van der Waals surface area contributed by atoms with Crippen molar-refractivity contribution in [3.8, 4) is 0 Å². The normalized spacial score (nSPS) is 9.83. The first kappa shape index (κ1) is 8.81. The predicted octanol–water partition coefficient (Wildman–Crippen LogP) is 1.76. The number of rotatable bonds is 2. The lowest BCUT2D eigenvalue weighted by Crippen LogP contribution is -2.03. The van der Waals surface area contributed by atoms with E-state index in [1.54, 1.807) is 0 Å². The molecule has 1 aromatic carbocycles. The molecule has 64 valence electrons. The number of benzene rings is 1. The van der Waals surface area contributed by atoms with Crippen LogP contribution in [0.4, 0.5) is 5.69 Å². The van der Waals surface area contributed by atoms with Crippen molar-refractivity contribution in [2.24, 2.45) is 5.73 Å². The molecular weight excluding hydrogens is 148 g/mol. The summed E-state index contributed by atoms with van der Waals surface area (Å²) in [5, 5.41) is 0. The molecule has 0 aliphatic heterocycles. The third-order valence-electron chi connectivity index (χ3n) is 1.88. The van der Waals surface area contributed by atoms with Gasteiger partial charge in [-0.15, -0.1) is 0 Å². The highest BCUT2D eigenvalue weighted by Gasteiger charge is 2.02. The summed E-state index contributed by atoms with van der Waals surface area (Å²) >= 11 is 0. The summed E-state index contributed by atoms with van der Waals surface area (Å²) in [5.41, 5.74) is 15.1. The molecule has 0 unspecified atom stereocenters. The number of hydrogen-bond donors (Lipinski definition) is 2. The topological polar surface area (TPSA) is 52.0 Å². The fourth-order valence-electron chi connectivity index (χ4n) is 1.16. The summed E-state index contributed by atoms with van der Waals surface area (Å²) in [6.07, 6.45) is 0. The number of para-hydroxylation sites is 1. The zero-order valence-electron chi connectivity index (χ0n) is 7.30. The Balaban J connectivity index is 3.23. The van der Waals surface area contributed by atoms with Gasteiger partial charge in [-0.05, 0) is 18.1 Å². The van der Waals surface area contributed by atoms with Crippen LogP contribution in [0, 0.1) is 0 Å². The molecule has 0 fully saturated rings. The van der Waals surface area contributed by atoms with E-state index < -0.39 is 0 Å². The monoisotopic (exact) mass is 162 g/mol. The Bertz CT molecular complexity index is 303. The molecule has 0 amide bonds. The maximum atomic E-state index is 5.85. The third-order valence-corrected chi connectivity index (χ3v) is 1.88.